The largest absolute Gasteiger partial charge is 0.508 e. The van der Waals surface area contributed by atoms with Gasteiger partial charge in [0.2, 0.25) is 5.91 Å². The van der Waals surface area contributed by atoms with Gasteiger partial charge in [-0.2, -0.15) is 0 Å². The average Bonchev–Trinajstić information content (AvgIpc) is 2.68. The van der Waals surface area contributed by atoms with Crippen LogP contribution < -0.4 is 5.32 Å². The van der Waals surface area contributed by atoms with E-state index in [-0.39, 0.29) is 29.3 Å². The lowest BCUT2D eigenvalue weighted by Crippen LogP contribution is -2.69. The Morgan fingerprint density at radius 1 is 1.34 bits per heavy atom. The van der Waals surface area contributed by atoms with Crippen LogP contribution in [0.3, 0.4) is 0 Å². The minimum absolute atomic E-state index is 0.00000961. The molecule has 1 amide bonds. The number of nitrogens with one attached hydrogen (secondary N) is 1. The van der Waals surface area contributed by atoms with Gasteiger partial charge in [-0.05, 0) is 44.3 Å². The first-order valence-corrected chi connectivity index (χ1v) is 14.3. The summed E-state index contributed by atoms with van der Waals surface area (Å²) in [6.45, 7) is 17.3. The summed E-state index contributed by atoms with van der Waals surface area (Å²) in [5, 5.41) is 2.92. The van der Waals surface area contributed by atoms with Gasteiger partial charge in [-0.1, -0.05) is 33.4 Å². The van der Waals surface area contributed by atoms with Gasteiger partial charge in [-0.15, -0.1) is 0 Å². The first kappa shape index (κ1) is 26.5. The highest BCUT2D eigenvalue weighted by molar-refractivity contribution is 6.74. The van der Waals surface area contributed by atoms with Crippen molar-refractivity contribution in [2.45, 2.75) is 83.3 Å². The van der Waals surface area contributed by atoms with Crippen LogP contribution in [0.2, 0.25) is 18.1 Å². The van der Waals surface area contributed by atoms with Gasteiger partial charge in [0.05, 0.1) is 12.0 Å². The highest BCUT2D eigenvalue weighted by Gasteiger charge is 2.52. The summed E-state index contributed by atoms with van der Waals surface area (Å²) in [7, 11) is -1.80. The molecular weight excluding hydrogens is 430 g/mol. The summed E-state index contributed by atoms with van der Waals surface area (Å²) < 4.78 is 22.0. The monoisotopic (exact) mass is 469 g/mol. The summed E-state index contributed by atoms with van der Waals surface area (Å²) in [5.41, 5.74) is 0. The van der Waals surface area contributed by atoms with Crippen LogP contribution in [-0.2, 0) is 28.2 Å². The standard InChI is InChI=1S/C23H39NO7Si/c1-8-12-29-22(27)31-15(2)17-18(24-21(17)26)20-19(25)16(11-14-28-20)10-9-13-30-32(6,7)23(3,4)5/h8,15-18,20H,1,9-14H2,2-7H3,(H,24,26)/t15-,16-,17-,18+,20+/m1/s1. The smallest absolute Gasteiger partial charge is 0.430 e. The fraction of sp³-hybridized carbons (Fsp3) is 0.783. The molecule has 32 heavy (non-hydrogen) atoms. The van der Waals surface area contributed by atoms with Crippen molar-refractivity contribution in [1.29, 1.82) is 0 Å². The van der Waals surface area contributed by atoms with Crippen LogP contribution in [0.4, 0.5) is 4.79 Å². The Morgan fingerprint density at radius 2 is 2.03 bits per heavy atom. The van der Waals surface area contributed by atoms with E-state index < -0.39 is 38.6 Å². The summed E-state index contributed by atoms with van der Waals surface area (Å²) in [5.74, 6) is -1.04. The molecule has 2 heterocycles. The first-order chi connectivity index (χ1) is 14.9. The Kier molecular flexibility index (Phi) is 9.07. The highest BCUT2D eigenvalue weighted by Crippen LogP contribution is 2.37. The van der Waals surface area contributed by atoms with Crippen molar-refractivity contribution in [3.8, 4) is 0 Å². The van der Waals surface area contributed by atoms with Crippen LogP contribution in [0.15, 0.2) is 12.7 Å². The molecule has 5 atom stereocenters. The predicted octanol–water partition coefficient (Wildman–Crippen LogP) is 3.60. The predicted molar refractivity (Wildman–Crippen MR) is 123 cm³/mol. The Balaban J connectivity index is 1.88. The molecule has 0 aliphatic carbocycles. The quantitative estimate of drug-likeness (QED) is 0.171. The van der Waals surface area contributed by atoms with Gasteiger partial charge in [0, 0.05) is 19.1 Å². The molecule has 0 aromatic carbocycles. The number of rotatable bonds is 10. The number of carbonyl (C=O) groups is 3. The number of β-lactam (4-membered cyclic amide) rings is 1. The molecule has 0 aromatic rings. The number of Topliss-reactive ketones (excluding diaryl/α,β-unsaturated/α-hetero) is 1. The molecule has 0 bridgehead atoms. The molecule has 8 nitrogen and oxygen atoms in total. The zero-order chi connectivity index (χ0) is 24.1. The molecule has 0 saturated carbocycles. The van der Waals surface area contributed by atoms with Crippen molar-refractivity contribution in [3.63, 3.8) is 0 Å². The van der Waals surface area contributed by atoms with E-state index >= 15 is 0 Å². The van der Waals surface area contributed by atoms with Crippen LogP contribution in [0.25, 0.3) is 0 Å². The zero-order valence-electron chi connectivity index (χ0n) is 20.3. The number of ketones is 1. The summed E-state index contributed by atoms with van der Waals surface area (Å²) in [4.78, 5) is 37.0. The second-order valence-electron chi connectivity index (χ2n) is 10.2. The van der Waals surface area contributed by atoms with Gasteiger partial charge >= 0.3 is 6.16 Å². The van der Waals surface area contributed by atoms with Crippen molar-refractivity contribution >= 4 is 26.2 Å². The third-order valence-electron chi connectivity index (χ3n) is 6.84. The topological polar surface area (TPSA) is 100 Å². The van der Waals surface area contributed by atoms with Crippen LogP contribution in [-0.4, -0.2) is 64.2 Å². The summed E-state index contributed by atoms with van der Waals surface area (Å²) in [6, 6.07) is -0.511. The Labute approximate surface area is 192 Å². The highest BCUT2D eigenvalue weighted by atomic mass is 28.4. The van der Waals surface area contributed by atoms with Gasteiger partial charge in [-0.3, -0.25) is 9.59 Å². The number of amides is 1. The number of carbonyl (C=O) groups excluding carboxylic acids is 3. The number of ether oxygens (including phenoxy) is 3. The lowest BCUT2D eigenvalue weighted by molar-refractivity contribution is -0.161. The molecule has 2 aliphatic heterocycles. The maximum absolute atomic E-state index is 13.1. The molecular formula is C23H39NO7Si. The third kappa shape index (κ3) is 6.42. The minimum Gasteiger partial charge on any atom is -0.430 e. The summed E-state index contributed by atoms with van der Waals surface area (Å²) >= 11 is 0. The second kappa shape index (κ2) is 10.9. The molecule has 0 unspecified atom stereocenters. The van der Waals surface area contributed by atoms with E-state index in [9.17, 15) is 14.4 Å². The van der Waals surface area contributed by atoms with Gasteiger partial charge in [0.1, 0.15) is 18.8 Å². The number of hydrogen-bond acceptors (Lipinski definition) is 7. The molecule has 0 spiro atoms. The second-order valence-corrected chi connectivity index (χ2v) is 15.0. The molecule has 2 fully saturated rings. The Morgan fingerprint density at radius 3 is 2.62 bits per heavy atom. The van der Waals surface area contributed by atoms with E-state index in [0.717, 1.165) is 12.8 Å². The maximum atomic E-state index is 13.1. The molecule has 0 radical (unpaired) electrons. The van der Waals surface area contributed by atoms with Crippen molar-refractivity contribution < 1.29 is 33.0 Å². The maximum Gasteiger partial charge on any atom is 0.508 e. The normalized spacial score (nSPS) is 27.2. The number of hydrogen-bond donors (Lipinski definition) is 1. The fourth-order valence-corrected chi connectivity index (χ4v) is 4.89. The molecule has 182 valence electrons. The van der Waals surface area contributed by atoms with E-state index in [1.54, 1.807) is 6.92 Å². The van der Waals surface area contributed by atoms with Gasteiger partial charge in [0.25, 0.3) is 0 Å². The lowest BCUT2D eigenvalue weighted by atomic mass is 9.77. The molecule has 9 heteroatoms. The zero-order valence-corrected chi connectivity index (χ0v) is 21.3. The van der Waals surface area contributed by atoms with Crippen molar-refractivity contribution in [3.05, 3.63) is 12.7 Å². The van der Waals surface area contributed by atoms with E-state index in [0.29, 0.717) is 19.6 Å². The Bertz CT molecular complexity index is 703. The van der Waals surface area contributed by atoms with Crippen molar-refractivity contribution in [2.24, 2.45) is 11.8 Å². The first-order valence-electron chi connectivity index (χ1n) is 11.4. The Hall–Kier alpha value is -1.71. The van der Waals surface area contributed by atoms with Crippen LogP contribution in [0.5, 0.6) is 0 Å². The van der Waals surface area contributed by atoms with Gasteiger partial charge < -0.3 is 24.0 Å². The van der Waals surface area contributed by atoms with E-state index in [1.165, 1.54) is 6.08 Å². The minimum atomic E-state index is -1.80. The molecule has 1 N–H and O–H groups in total. The average molecular weight is 470 g/mol. The van der Waals surface area contributed by atoms with E-state index in [2.05, 4.69) is 45.8 Å². The van der Waals surface area contributed by atoms with E-state index in [1.807, 2.05) is 0 Å². The van der Waals surface area contributed by atoms with Crippen LogP contribution in [0.1, 0.15) is 47.0 Å². The van der Waals surface area contributed by atoms with Crippen molar-refractivity contribution in [1.82, 2.24) is 5.32 Å². The summed E-state index contributed by atoms with van der Waals surface area (Å²) in [6.07, 6.45) is 1.31. The van der Waals surface area contributed by atoms with Gasteiger partial charge in [0.15, 0.2) is 14.1 Å². The molecule has 0 aromatic heterocycles. The fourth-order valence-electron chi connectivity index (χ4n) is 3.81. The van der Waals surface area contributed by atoms with Crippen molar-refractivity contribution in [2.75, 3.05) is 19.8 Å². The molecule has 2 aliphatic rings. The van der Waals surface area contributed by atoms with Gasteiger partial charge in [-0.25, -0.2) is 4.79 Å². The third-order valence-corrected chi connectivity index (χ3v) is 11.4. The van der Waals surface area contributed by atoms with E-state index in [4.69, 9.17) is 18.6 Å². The molecule has 2 saturated heterocycles. The van der Waals surface area contributed by atoms with Crippen LogP contribution in [0, 0.1) is 11.8 Å². The molecule has 2 rings (SSSR count). The lowest BCUT2D eigenvalue weighted by Gasteiger charge is -2.45. The SMILES string of the molecule is C=CCOC(=O)O[C@H](C)[C@H]1C(=O)N[C@@H]1[C@@H]1OCC[C@@H](CCCO[Si](C)(C)C(C)(C)C)C1=O. The van der Waals surface area contributed by atoms with Crippen LogP contribution >= 0.6 is 0 Å².